The van der Waals surface area contributed by atoms with Crippen molar-refractivity contribution in [3.63, 3.8) is 0 Å². The number of nitrogens with zero attached hydrogens (tertiary/aromatic N) is 2. The second-order valence-corrected chi connectivity index (χ2v) is 6.52. The molecule has 0 aromatic heterocycles. The number of hydrogen-bond donors (Lipinski definition) is 2. The number of nitro benzene ring substituents is 1. The van der Waals surface area contributed by atoms with Crippen molar-refractivity contribution in [3.05, 3.63) is 62.7 Å². The fourth-order valence-electron chi connectivity index (χ4n) is 3.01. The second kappa shape index (κ2) is 7.63. The number of aromatic carboxylic acids is 1. The Morgan fingerprint density at radius 1 is 1.15 bits per heavy atom. The number of rotatable bonds is 5. The second-order valence-electron chi connectivity index (χ2n) is 6.11. The summed E-state index contributed by atoms with van der Waals surface area (Å²) < 4.78 is 0. The minimum atomic E-state index is -1.17. The van der Waals surface area contributed by atoms with E-state index in [1.54, 1.807) is 6.07 Å². The number of anilines is 2. The Hall–Kier alpha value is -3.13. The zero-order valence-corrected chi connectivity index (χ0v) is 14.9. The number of halogens is 1. The number of nitro groups is 1. The standard InChI is InChI=1S/C18H16ClN3O5/c19-14-10-12(4-5-13(14)18(24)25)20-17(23)11-3-6-15(16(9-11)22(26)27)21-7-1-2-8-21/h3-6,9-10H,1-2,7-8H2,(H,20,23)(H,24,25). The summed E-state index contributed by atoms with van der Waals surface area (Å²) in [6.07, 6.45) is 1.96. The molecule has 0 unspecified atom stereocenters. The fraction of sp³-hybridized carbons (Fsp3) is 0.222. The molecule has 8 nitrogen and oxygen atoms in total. The lowest BCUT2D eigenvalue weighted by Gasteiger charge is -2.17. The van der Waals surface area contributed by atoms with Crippen molar-refractivity contribution >= 4 is 40.5 Å². The van der Waals surface area contributed by atoms with Crippen molar-refractivity contribution in [3.8, 4) is 0 Å². The van der Waals surface area contributed by atoms with E-state index >= 15 is 0 Å². The zero-order chi connectivity index (χ0) is 19.6. The molecule has 1 heterocycles. The Bertz CT molecular complexity index is 925. The van der Waals surface area contributed by atoms with Gasteiger partial charge in [0, 0.05) is 30.4 Å². The molecule has 0 aliphatic carbocycles. The van der Waals surface area contributed by atoms with Gasteiger partial charge in [-0.25, -0.2) is 4.79 Å². The van der Waals surface area contributed by atoms with Gasteiger partial charge in [0.15, 0.2) is 0 Å². The maximum Gasteiger partial charge on any atom is 0.337 e. The number of carbonyl (C=O) groups is 2. The van der Waals surface area contributed by atoms with Crippen LogP contribution in [-0.2, 0) is 0 Å². The van der Waals surface area contributed by atoms with Gasteiger partial charge in [0.2, 0.25) is 0 Å². The van der Waals surface area contributed by atoms with Gasteiger partial charge >= 0.3 is 5.97 Å². The van der Waals surface area contributed by atoms with Gasteiger partial charge in [0.05, 0.1) is 15.5 Å². The number of benzene rings is 2. The number of nitrogens with one attached hydrogen (secondary N) is 1. The molecule has 1 saturated heterocycles. The van der Waals surface area contributed by atoms with Crippen LogP contribution in [0.2, 0.25) is 5.02 Å². The molecule has 27 heavy (non-hydrogen) atoms. The molecule has 1 fully saturated rings. The maximum atomic E-state index is 12.4. The number of carbonyl (C=O) groups excluding carboxylic acids is 1. The van der Waals surface area contributed by atoms with Crippen molar-refractivity contribution in [1.29, 1.82) is 0 Å². The largest absolute Gasteiger partial charge is 0.478 e. The van der Waals surface area contributed by atoms with Crippen LogP contribution >= 0.6 is 11.6 Å². The molecule has 0 spiro atoms. The Labute approximate surface area is 159 Å². The van der Waals surface area contributed by atoms with E-state index in [1.807, 2.05) is 4.90 Å². The molecule has 0 atom stereocenters. The van der Waals surface area contributed by atoms with Gasteiger partial charge in [-0.1, -0.05) is 11.6 Å². The molecule has 140 valence electrons. The van der Waals surface area contributed by atoms with Gasteiger partial charge < -0.3 is 15.3 Å². The molecule has 1 aliphatic rings. The summed E-state index contributed by atoms with van der Waals surface area (Å²) in [5.41, 5.74) is 0.719. The van der Waals surface area contributed by atoms with Crippen molar-refractivity contribution in [1.82, 2.24) is 0 Å². The lowest BCUT2D eigenvalue weighted by atomic mass is 10.1. The first-order valence-electron chi connectivity index (χ1n) is 8.24. The highest BCUT2D eigenvalue weighted by Gasteiger charge is 2.24. The first-order chi connectivity index (χ1) is 12.9. The molecule has 1 amide bonds. The molecule has 0 radical (unpaired) electrons. The maximum absolute atomic E-state index is 12.4. The first-order valence-corrected chi connectivity index (χ1v) is 8.62. The van der Waals surface area contributed by atoms with Gasteiger partial charge in [0.1, 0.15) is 5.69 Å². The van der Waals surface area contributed by atoms with Crippen LogP contribution in [0.4, 0.5) is 17.1 Å². The molecular formula is C18H16ClN3O5. The van der Waals surface area contributed by atoms with Crippen LogP contribution in [0.15, 0.2) is 36.4 Å². The summed E-state index contributed by atoms with van der Waals surface area (Å²) >= 11 is 5.89. The predicted octanol–water partition coefficient (Wildman–Crippen LogP) is 3.80. The van der Waals surface area contributed by atoms with E-state index in [4.69, 9.17) is 16.7 Å². The average Bonchev–Trinajstić information content (AvgIpc) is 3.15. The molecule has 0 saturated carbocycles. The summed E-state index contributed by atoms with van der Waals surface area (Å²) in [7, 11) is 0. The minimum Gasteiger partial charge on any atom is -0.478 e. The van der Waals surface area contributed by atoms with Crippen LogP contribution < -0.4 is 10.2 Å². The van der Waals surface area contributed by atoms with Crippen LogP contribution in [0, 0.1) is 10.1 Å². The SMILES string of the molecule is O=C(Nc1ccc(C(=O)O)c(Cl)c1)c1ccc(N2CCCC2)c([N+](=O)[O-])c1. The van der Waals surface area contributed by atoms with Crippen LogP contribution in [-0.4, -0.2) is 35.0 Å². The highest BCUT2D eigenvalue weighted by atomic mass is 35.5. The summed E-state index contributed by atoms with van der Waals surface area (Å²) in [4.78, 5) is 36.3. The van der Waals surface area contributed by atoms with Gasteiger partial charge in [-0.05, 0) is 43.2 Å². The summed E-state index contributed by atoms with van der Waals surface area (Å²) in [5.74, 6) is -1.73. The topological polar surface area (TPSA) is 113 Å². The normalized spacial score (nSPS) is 13.4. The molecule has 0 bridgehead atoms. The Kier molecular flexibility index (Phi) is 5.27. The molecule has 3 rings (SSSR count). The molecule has 2 aromatic carbocycles. The summed E-state index contributed by atoms with van der Waals surface area (Å²) in [5, 5.41) is 23.0. The van der Waals surface area contributed by atoms with Crippen LogP contribution in [0.1, 0.15) is 33.6 Å². The van der Waals surface area contributed by atoms with Crippen molar-refractivity contribution < 1.29 is 19.6 Å². The van der Waals surface area contributed by atoms with E-state index < -0.39 is 16.8 Å². The number of hydrogen-bond acceptors (Lipinski definition) is 5. The highest BCUT2D eigenvalue weighted by molar-refractivity contribution is 6.33. The summed E-state index contributed by atoms with van der Waals surface area (Å²) in [6.45, 7) is 1.50. The third-order valence-electron chi connectivity index (χ3n) is 4.34. The monoisotopic (exact) mass is 389 g/mol. The van der Waals surface area contributed by atoms with Crippen LogP contribution in [0.25, 0.3) is 0 Å². The van der Waals surface area contributed by atoms with E-state index in [-0.39, 0.29) is 21.8 Å². The Balaban J connectivity index is 1.84. The lowest BCUT2D eigenvalue weighted by molar-refractivity contribution is -0.384. The van der Waals surface area contributed by atoms with Crippen molar-refractivity contribution in [2.45, 2.75) is 12.8 Å². The van der Waals surface area contributed by atoms with Crippen molar-refractivity contribution in [2.24, 2.45) is 0 Å². The number of carboxylic acid groups (broad SMARTS) is 1. The van der Waals surface area contributed by atoms with E-state index in [9.17, 15) is 19.7 Å². The van der Waals surface area contributed by atoms with Crippen molar-refractivity contribution in [2.75, 3.05) is 23.3 Å². The fourth-order valence-corrected chi connectivity index (χ4v) is 3.27. The molecular weight excluding hydrogens is 374 g/mol. The van der Waals surface area contributed by atoms with Gasteiger partial charge in [-0.2, -0.15) is 0 Å². The predicted molar refractivity (Wildman–Crippen MR) is 101 cm³/mol. The van der Waals surface area contributed by atoms with E-state index in [0.29, 0.717) is 11.4 Å². The van der Waals surface area contributed by atoms with Gasteiger partial charge in [0.25, 0.3) is 11.6 Å². The Morgan fingerprint density at radius 2 is 1.85 bits per heavy atom. The molecule has 1 aliphatic heterocycles. The van der Waals surface area contributed by atoms with Gasteiger partial charge in [-0.3, -0.25) is 14.9 Å². The van der Waals surface area contributed by atoms with Crippen LogP contribution in [0.3, 0.4) is 0 Å². The van der Waals surface area contributed by atoms with E-state index in [1.165, 1.54) is 30.3 Å². The molecule has 2 N–H and O–H groups in total. The summed E-state index contributed by atoms with van der Waals surface area (Å²) in [6, 6.07) is 8.35. The highest BCUT2D eigenvalue weighted by Crippen LogP contribution is 2.32. The zero-order valence-electron chi connectivity index (χ0n) is 14.1. The smallest absolute Gasteiger partial charge is 0.337 e. The Morgan fingerprint density at radius 3 is 2.44 bits per heavy atom. The quantitative estimate of drug-likeness (QED) is 0.594. The third kappa shape index (κ3) is 4.01. The molecule has 9 heteroatoms. The molecule has 2 aromatic rings. The van der Waals surface area contributed by atoms with Gasteiger partial charge in [-0.15, -0.1) is 0 Å². The number of amides is 1. The van der Waals surface area contributed by atoms with Crippen LogP contribution in [0.5, 0.6) is 0 Å². The van der Waals surface area contributed by atoms with E-state index in [2.05, 4.69) is 5.32 Å². The minimum absolute atomic E-state index is 0.0179. The average molecular weight is 390 g/mol. The number of carboxylic acids is 1. The first kappa shape index (κ1) is 18.7. The van der Waals surface area contributed by atoms with E-state index in [0.717, 1.165) is 25.9 Å². The third-order valence-corrected chi connectivity index (χ3v) is 4.65. The lowest BCUT2D eigenvalue weighted by Crippen LogP contribution is -2.19.